The highest BCUT2D eigenvalue weighted by molar-refractivity contribution is 6.04. The molecule has 0 bridgehead atoms. The van der Waals surface area contributed by atoms with Crippen molar-refractivity contribution in [3.8, 4) is 0 Å². The summed E-state index contributed by atoms with van der Waals surface area (Å²) in [6, 6.07) is 16.3. The third kappa shape index (κ3) is 5.39. The average Bonchev–Trinajstić information content (AvgIpc) is 2.77. The van der Waals surface area contributed by atoms with E-state index in [1.54, 1.807) is 60.7 Å². The minimum absolute atomic E-state index is 0.0420. The van der Waals surface area contributed by atoms with Crippen LogP contribution in [0.3, 0.4) is 0 Å². The lowest BCUT2D eigenvalue weighted by molar-refractivity contribution is -0.348. The second-order valence-electron chi connectivity index (χ2n) is 7.96. The van der Waals surface area contributed by atoms with Gasteiger partial charge in [-0.05, 0) is 60.4 Å². The Morgan fingerprint density at radius 3 is 1.86 bits per heavy atom. The van der Waals surface area contributed by atoms with E-state index in [2.05, 4.69) is 5.32 Å². The molecule has 0 saturated heterocycles. The molecule has 3 rings (SSSR count). The highest BCUT2D eigenvalue weighted by Gasteiger charge is 2.73. The summed E-state index contributed by atoms with van der Waals surface area (Å²) in [5, 5.41) is 2.74. The van der Waals surface area contributed by atoms with Gasteiger partial charge in [-0.25, -0.2) is 4.39 Å². The van der Waals surface area contributed by atoms with Gasteiger partial charge in [0, 0.05) is 16.8 Å². The van der Waals surface area contributed by atoms with E-state index >= 15 is 0 Å². The summed E-state index contributed by atoms with van der Waals surface area (Å²) >= 11 is 0. The number of benzene rings is 3. The van der Waals surface area contributed by atoms with Gasteiger partial charge in [-0.15, -0.1) is 0 Å². The Morgan fingerprint density at radius 2 is 1.31 bits per heavy atom. The zero-order valence-electron chi connectivity index (χ0n) is 18.6. The van der Waals surface area contributed by atoms with Crippen LogP contribution in [-0.2, 0) is 5.67 Å². The molecule has 35 heavy (non-hydrogen) atoms. The van der Waals surface area contributed by atoms with E-state index in [-0.39, 0.29) is 17.0 Å². The van der Waals surface area contributed by atoms with Crippen LogP contribution < -0.4 is 5.32 Å². The Bertz CT molecular complexity index is 1210. The second-order valence-corrected chi connectivity index (χ2v) is 7.96. The molecule has 0 radical (unpaired) electrons. The zero-order chi connectivity index (χ0) is 26.0. The highest BCUT2D eigenvalue weighted by atomic mass is 19.4. The first kappa shape index (κ1) is 26.0. The van der Waals surface area contributed by atoms with Gasteiger partial charge in [0.25, 0.3) is 5.91 Å². The van der Waals surface area contributed by atoms with E-state index in [0.29, 0.717) is 34.5 Å². The average molecular weight is 495 g/mol. The van der Waals surface area contributed by atoms with Gasteiger partial charge in [0.05, 0.1) is 0 Å². The van der Waals surface area contributed by atoms with Crippen LogP contribution >= 0.6 is 0 Å². The van der Waals surface area contributed by atoms with Crippen molar-refractivity contribution in [2.45, 2.75) is 31.9 Å². The van der Waals surface area contributed by atoms with Gasteiger partial charge >= 0.3 is 18.0 Å². The molecule has 0 spiro atoms. The van der Waals surface area contributed by atoms with E-state index in [1.807, 2.05) is 0 Å². The number of hydrogen-bond donors (Lipinski definition) is 1. The fourth-order valence-electron chi connectivity index (χ4n) is 3.62. The molecular formula is C26H20F7NO. The van der Waals surface area contributed by atoms with Crippen molar-refractivity contribution in [3.05, 3.63) is 100 Å². The Morgan fingerprint density at radius 1 is 0.743 bits per heavy atom. The Labute approximate surface area is 197 Å². The molecule has 3 aromatic carbocycles. The van der Waals surface area contributed by atoms with Crippen LogP contribution in [-0.4, -0.2) is 18.3 Å². The van der Waals surface area contributed by atoms with Gasteiger partial charge in [0.1, 0.15) is 0 Å². The van der Waals surface area contributed by atoms with Crippen LogP contribution in [0.4, 0.5) is 36.4 Å². The fourth-order valence-corrected chi connectivity index (χ4v) is 3.62. The fraction of sp³-hybridized carbons (Fsp3) is 0.192. The van der Waals surface area contributed by atoms with Crippen molar-refractivity contribution in [1.82, 2.24) is 0 Å². The number of carbonyl (C=O) groups is 1. The number of halogens is 7. The van der Waals surface area contributed by atoms with E-state index in [4.69, 9.17) is 0 Å². The third-order valence-electron chi connectivity index (χ3n) is 5.40. The number of alkyl halides is 7. The second kappa shape index (κ2) is 9.56. The molecule has 0 aliphatic carbocycles. The Kier molecular flexibility index (Phi) is 7.10. The summed E-state index contributed by atoms with van der Waals surface area (Å²) in [5.41, 5.74) is -5.01. The van der Waals surface area contributed by atoms with Crippen LogP contribution in [0.5, 0.6) is 0 Å². The maximum Gasteiger partial charge on any atom is 0.435 e. The maximum absolute atomic E-state index is 14.4. The number of amides is 1. The number of nitrogens with one attached hydrogen (secondary N) is 1. The summed E-state index contributed by atoms with van der Waals surface area (Å²) in [4.78, 5) is 12.3. The topological polar surface area (TPSA) is 29.1 Å². The van der Waals surface area contributed by atoms with E-state index in [0.717, 1.165) is 0 Å². The molecule has 1 N–H and O–H groups in total. The van der Waals surface area contributed by atoms with Crippen LogP contribution in [0.15, 0.2) is 66.7 Å². The molecule has 0 heterocycles. The molecule has 0 aliphatic heterocycles. The lowest BCUT2D eigenvalue weighted by Crippen LogP contribution is -2.50. The predicted octanol–water partition coefficient (Wildman–Crippen LogP) is 8.02. The predicted molar refractivity (Wildman–Crippen MR) is 121 cm³/mol. The smallest absolute Gasteiger partial charge is 0.322 e. The maximum atomic E-state index is 14.4. The number of aryl methyl sites for hydroxylation is 2. The third-order valence-corrected chi connectivity index (χ3v) is 5.40. The van der Waals surface area contributed by atoms with Crippen molar-refractivity contribution in [3.63, 3.8) is 0 Å². The molecule has 0 saturated carbocycles. The van der Waals surface area contributed by atoms with E-state index in [9.17, 15) is 35.5 Å². The molecule has 184 valence electrons. The van der Waals surface area contributed by atoms with E-state index in [1.165, 1.54) is 19.9 Å². The Balaban J connectivity index is 1.89. The van der Waals surface area contributed by atoms with Crippen LogP contribution in [0.1, 0.15) is 38.2 Å². The number of anilines is 1. The molecule has 0 aliphatic rings. The summed E-state index contributed by atoms with van der Waals surface area (Å²) < 4.78 is 93.2. The van der Waals surface area contributed by atoms with Gasteiger partial charge in [-0.3, -0.25) is 4.79 Å². The van der Waals surface area contributed by atoms with E-state index < -0.39 is 23.6 Å². The summed E-state index contributed by atoms with van der Waals surface area (Å²) in [5.74, 6) is -0.321. The molecule has 0 aromatic heterocycles. The SMILES string of the molecule is Cc1cc(C(F)(C(F)(F)F)C(F)(F)F)cc(C)c1C=Cc1cccc(NC(=O)c2ccccc2)c1. The molecule has 0 unspecified atom stereocenters. The standard InChI is InChI=1S/C26H20F7NO/c1-16-13-20(24(27,25(28,29)30)26(31,32)33)14-17(2)22(16)12-11-18-7-6-10-21(15-18)34-23(35)19-8-4-3-5-9-19/h3-15H,1-2H3,(H,34,35). The monoisotopic (exact) mass is 495 g/mol. The molecule has 9 heteroatoms. The molecule has 0 atom stereocenters. The van der Waals surface area contributed by atoms with Crippen molar-refractivity contribution < 1.29 is 35.5 Å². The van der Waals surface area contributed by atoms with Crippen LogP contribution in [0, 0.1) is 13.8 Å². The summed E-state index contributed by atoms with van der Waals surface area (Å²) in [6.45, 7) is 2.61. The van der Waals surface area contributed by atoms with Crippen molar-refractivity contribution in [2.24, 2.45) is 0 Å². The summed E-state index contributed by atoms with van der Waals surface area (Å²) in [6.07, 6.45) is -9.25. The molecular weight excluding hydrogens is 475 g/mol. The lowest BCUT2D eigenvalue weighted by Gasteiger charge is -2.31. The van der Waals surface area contributed by atoms with Gasteiger partial charge in [0.2, 0.25) is 0 Å². The zero-order valence-corrected chi connectivity index (χ0v) is 18.6. The Hall–Kier alpha value is -3.62. The minimum atomic E-state index is -6.17. The normalized spacial score (nSPS) is 12.7. The largest absolute Gasteiger partial charge is 0.435 e. The van der Waals surface area contributed by atoms with Crippen LogP contribution in [0.2, 0.25) is 0 Å². The first-order valence-corrected chi connectivity index (χ1v) is 10.3. The van der Waals surface area contributed by atoms with Crippen molar-refractivity contribution in [2.75, 3.05) is 5.32 Å². The lowest BCUT2D eigenvalue weighted by atomic mass is 9.88. The first-order valence-electron chi connectivity index (χ1n) is 10.3. The molecule has 3 aromatic rings. The van der Waals surface area contributed by atoms with Crippen LogP contribution in [0.25, 0.3) is 12.2 Å². The van der Waals surface area contributed by atoms with Gasteiger partial charge in [-0.2, -0.15) is 26.3 Å². The molecule has 1 amide bonds. The minimum Gasteiger partial charge on any atom is -0.322 e. The van der Waals surface area contributed by atoms with Gasteiger partial charge in [0.15, 0.2) is 0 Å². The quantitative estimate of drug-likeness (QED) is 0.282. The summed E-state index contributed by atoms with van der Waals surface area (Å²) in [7, 11) is 0. The van der Waals surface area contributed by atoms with Crippen molar-refractivity contribution in [1.29, 1.82) is 0 Å². The number of hydrogen-bond acceptors (Lipinski definition) is 1. The molecule has 2 nitrogen and oxygen atoms in total. The number of rotatable bonds is 5. The first-order chi connectivity index (χ1) is 16.2. The van der Waals surface area contributed by atoms with Gasteiger partial charge < -0.3 is 5.32 Å². The molecule has 0 fully saturated rings. The van der Waals surface area contributed by atoms with Crippen molar-refractivity contribution >= 4 is 23.7 Å². The highest BCUT2D eigenvalue weighted by Crippen LogP contribution is 2.53. The van der Waals surface area contributed by atoms with Gasteiger partial charge in [-0.1, -0.05) is 54.6 Å². The number of carbonyl (C=O) groups excluding carboxylic acids is 1.